The van der Waals surface area contributed by atoms with Crippen LogP contribution < -0.4 is 4.90 Å². The molecule has 82 valence electrons. The zero-order valence-corrected chi connectivity index (χ0v) is 10.3. The maximum atomic E-state index is 5.67. The zero-order valence-electron chi connectivity index (χ0n) is 8.69. The van der Waals surface area contributed by atoms with E-state index in [9.17, 15) is 0 Å². The van der Waals surface area contributed by atoms with Gasteiger partial charge in [0.05, 0.1) is 24.0 Å². The molecule has 1 atom stereocenters. The van der Waals surface area contributed by atoms with Crippen LogP contribution in [0.5, 0.6) is 0 Å². The normalized spacial score (nSPS) is 21.7. The Labute approximate surface area is 99.2 Å². The summed E-state index contributed by atoms with van der Waals surface area (Å²) >= 11 is 7.68. The molecule has 2 heterocycles. The Balaban J connectivity index is 2.07. The van der Waals surface area contributed by atoms with Gasteiger partial charge in [0.1, 0.15) is 5.82 Å². The summed E-state index contributed by atoms with van der Waals surface area (Å²) in [7, 11) is 0. The van der Waals surface area contributed by atoms with E-state index in [1.807, 2.05) is 18.0 Å². The lowest BCUT2D eigenvalue weighted by Crippen LogP contribution is -2.37. The smallest absolute Gasteiger partial charge is 0.147 e. The van der Waals surface area contributed by atoms with Gasteiger partial charge in [-0.05, 0) is 0 Å². The number of hydrogen-bond acceptors (Lipinski definition) is 4. The van der Waals surface area contributed by atoms with E-state index in [1.165, 1.54) is 5.75 Å². The summed E-state index contributed by atoms with van der Waals surface area (Å²) in [4.78, 5) is 10.9. The van der Waals surface area contributed by atoms with Crippen molar-refractivity contribution in [3.05, 3.63) is 18.1 Å². The second-order valence-electron chi connectivity index (χ2n) is 3.63. The molecule has 1 aliphatic rings. The van der Waals surface area contributed by atoms with Gasteiger partial charge in [0.15, 0.2) is 0 Å². The highest BCUT2D eigenvalue weighted by molar-refractivity contribution is 8.00. The van der Waals surface area contributed by atoms with Crippen LogP contribution in [-0.4, -0.2) is 34.1 Å². The monoisotopic (exact) mass is 243 g/mol. The number of nitrogens with zero attached hydrogens (tertiary/aromatic N) is 3. The molecule has 0 saturated carbocycles. The highest BCUT2D eigenvalue weighted by Crippen LogP contribution is 2.21. The molecule has 1 aliphatic heterocycles. The summed E-state index contributed by atoms with van der Waals surface area (Å²) in [6, 6.07) is 0. The SMILES string of the molecule is CC1CN(c2cnc(CCl)cn2)CCS1. The Bertz CT molecular complexity index is 317. The fourth-order valence-electron chi connectivity index (χ4n) is 1.61. The lowest BCUT2D eigenvalue weighted by atomic mass is 10.4. The van der Waals surface area contributed by atoms with E-state index in [-0.39, 0.29) is 0 Å². The van der Waals surface area contributed by atoms with Crippen LogP contribution in [0.15, 0.2) is 12.4 Å². The first kappa shape index (κ1) is 11.0. The van der Waals surface area contributed by atoms with Gasteiger partial charge in [-0.25, -0.2) is 4.98 Å². The molecule has 3 nitrogen and oxygen atoms in total. The summed E-state index contributed by atoms with van der Waals surface area (Å²) in [5.41, 5.74) is 0.833. The Morgan fingerprint density at radius 1 is 1.53 bits per heavy atom. The van der Waals surface area contributed by atoms with E-state index >= 15 is 0 Å². The minimum absolute atomic E-state index is 0.430. The van der Waals surface area contributed by atoms with Gasteiger partial charge in [-0.2, -0.15) is 11.8 Å². The number of alkyl halides is 1. The van der Waals surface area contributed by atoms with Crippen LogP contribution in [0.2, 0.25) is 0 Å². The highest BCUT2D eigenvalue weighted by Gasteiger charge is 2.17. The van der Waals surface area contributed by atoms with Crippen molar-refractivity contribution < 1.29 is 0 Å². The van der Waals surface area contributed by atoms with E-state index in [2.05, 4.69) is 21.8 Å². The van der Waals surface area contributed by atoms with Gasteiger partial charge in [-0.15, -0.1) is 11.6 Å². The lowest BCUT2D eigenvalue weighted by Gasteiger charge is -2.31. The summed E-state index contributed by atoms with van der Waals surface area (Å²) in [6.45, 7) is 4.36. The predicted octanol–water partition coefficient (Wildman–Crippen LogP) is 2.16. The predicted molar refractivity (Wildman–Crippen MR) is 65.7 cm³/mol. The molecule has 1 fully saturated rings. The molecule has 0 aromatic carbocycles. The summed E-state index contributed by atoms with van der Waals surface area (Å²) in [5, 5.41) is 0.674. The highest BCUT2D eigenvalue weighted by atomic mass is 35.5. The number of anilines is 1. The van der Waals surface area contributed by atoms with E-state index < -0.39 is 0 Å². The maximum Gasteiger partial charge on any atom is 0.147 e. The summed E-state index contributed by atoms with van der Waals surface area (Å²) in [5.74, 6) is 2.57. The second-order valence-corrected chi connectivity index (χ2v) is 5.44. The Hall–Kier alpha value is -0.480. The molecule has 0 radical (unpaired) electrons. The van der Waals surface area contributed by atoms with Crippen LogP contribution in [0.4, 0.5) is 5.82 Å². The van der Waals surface area contributed by atoms with Crippen LogP contribution in [0, 0.1) is 0 Å². The zero-order chi connectivity index (χ0) is 10.7. The van der Waals surface area contributed by atoms with Crippen LogP contribution in [0.25, 0.3) is 0 Å². The molecule has 2 rings (SSSR count). The second kappa shape index (κ2) is 5.03. The Morgan fingerprint density at radius 2 is 2.40 bits per heavy atom. The fourth-order valence-corrected chi connectivity index (χ4v) is 2.76. The van der Waals surface area contributed by atoms with Gasteiger partial charge in [0.2, 0.25) is 0 Å². The van der Waals surface area contributed by atoms with E-state index in [1.54, 1.807) is 6.20 Å². The van der Waals surface area contributed by atoms with Crippen molar-refractivity contribution in [2.24, 2.45) is 0 Å². The third-order valence-electron chi connectivity index (χ3n) is 2.39. The molecule has 1 saturated heterocycles. The Morgan fingerprint density at radius 3 is 3.00 bits per heavy atom. The molecule has 1 aromatic rings. The van der Waals surface area contributed by atoms with Crippen molar-refractivity contribution in [3.63, 3.8) is 0 Å². The van der Waals surface area contributed by atoms with Crippen LogP contribution >= 0.6 is 23.4 Å². The van der Waals surface area contributed by atoms with Crippen molar-refractivity contribution in [1.29, 1.82) is 0 Å². The van der Waals surface area contributed by atoms with Gasteiger partial charge in [0, 0.05) is 24.1 Å². The number of hydrogen-bond donors (Lipinski definition) is 0. The standard InChI is InChI=1S/C10H14ClN3S/c1-8-7-14(2-3-15-8)10-6-12-9(4-11)5-13-10/h5-6,8H,2-4,7H2,1H3. The van der Waals surface area contributed by atoms with Crippen LogP contribution in [-0.2, 0) is 5.88 Å². The largest absolute Gasteiger partial charge is 0.353 e. The fraction of sp³-hybridized carbons (Fsp3) is 0.600. The molecule has 0 amide bonds. The molecule has 0 aliphatic carbocycles. The molecule has 1 unspecified atom stereocenters. The first-order chi connectivity index (χ1) is 7.29. The lowest BCUT2D eigenvalue weighted by molar-refractivity contribution is 0.766. The average molecular weight is 244 g/mol. The van der Waals surface area contributed by atoms with Crippen molar-refractivity contribution in [2.75, 3.05) is 23.7 Å². The van der Waals surface area contributed by atoms with Crippen LogP contribution in [0.1, 0.15) is 12.6 Å². The summed E-state index contributed by atoms with van der Waals surface area (Å²) in [6.07, 6.45) is 3.58. The van der Waals surface area contributed by atoms with E-state index in [4.69, 9.17) is 11.6 Å². The third kappa shape index (κ3) is 2.75. The number of halogens is 1. The molecule has 5 heteroatoms. The molecule has 0 N–H and O–H groups in total. The van der Waals surface area contributed by atoms with Gasteiger partial charge < -0.3 is 4.90 Å². The minimum atomic E-state index is 0.430. The quantitative estimate of drug-likeness (QED) is 0.745. The summed E-state index contributed by atoms with van der Waals surface area (Å²) < 4.78 is 0. The molecule has 0 spiro atoms. The topological polar surface area (TPSA) is 29.0 Å². The third-order valence-corrected chi connectivity index (χ3v) is 3.80. The van der Waals surface area contributed by atoms with Crippen molar-refractivity contribution in [3.8, 4) is 0 Å². The number of thioether (sulfide) groups is 1. The first-order valence-corrected chi connectivity index (χ1v) is 6.61. The molecular weight excluding hydrogens is 230 g/mol. The first-order valence-electron chi connectivity index (χ1n) is 5.03. The molecule has 1 aromatic heterocycles. The van der Waals surface area contributed by atoms with Crippen LogP contribution in [0.3, 0.4) is 0 Å². The average Bonchev–Trinajstić information content (AvgIpc) is 2.29. The minimum Gasteiger partial charge on any atom is -0.353 e. The maximum absolute atomic E-state index is 5.67. The molecule has 0 bridgehead atoms. The van der Waals surface area contributed by atoms with Gasteiger partial charge in [-0.1, -0.05) is 6.92 Å². The van der Waals surface area contributed by atoms with Crippen molar-refractivity contribution in [2.45, 2.75) is 18.1 Å². The van der Waals surface area contributed by atoms with Crippen molar-refractivity contribution in [1.82, 2.24) is 9.97 Å². The number of rotatable bonds is 2. The molecular formula is C10H14ClN3S. The molecule has 15 heavy (non-hydrogen) atoms. The van der Waals surface area contributed by atoms with E-state index in [0.717, 1.165) is 24.6 Å². The Kier molecular flexibility index (Phi) is 3.70. The van der Waals surface area contributed by atoms with Gasteiger partial charge in [-0.3, -0.25) is 4.98 Å². The number of aromatic nitrogens is 2. The van der Waals surface area contributed by atoms with Gasteiger partial charge >= 0.3 is 0 Å². The van der Waals surface area contributed by atoms with E-state index in [0.29, 0.717) is 11.1 Å². The van der Waals surface area contributed by atoms with Gasteiger partial charge in [0.25, 0.3) is 0 Å². The van der Waals surface area contributed by atoms with Crippen molar-refractivity contribution >= 4 is 29.2 Å².